The molecule has 0 unspecified atom stereocenters. The highest BCUT2D eigenvalue weighted by atomic mass is 32.2. The maximum Gasteiger partial charge on any atom is 0.338 e. The molecule has 1 aliphatic rings. The maximum absolute atomic E-state index is 12.3. The average molecular weight is 471 g/mol. The van der Waals surface area contributed by atoms with E-state index >= 15 is 0 Å². The number of hydrogen-bond donors (Lipinski definition) is 1. The van der Waals surface area contributed by atoms with Gasteiger partial charge in [0, 0.05) is 19.7 Å². The number of nitro benzene ring substituents is 1. The van der Waals surface area contributed by atoms with Crippen LogP contribution in [0.1, 0.15) is 15.9 Å². The fraction of sp³-hybridized carbons (Fsp3) is 0.200. The van der Waals surface area contributed by atoms with Gasteiger partial charge in [-0.2, -0.15) is 0 Å². The topological polar surface area (TPSA) is 148 Å². The Hall–Kier alpha value is -4.13. The van der Waals surface area contributed by atoms with Gasteiger partial charge in [0.25, 0.3) is 11.6 Å². The van der Waals surface area contributed by atoms with E-state index in [1.165, 1.54) is 18.5 Å². The van der Waals surface area contributed by atoms with E-state index in [2.05, 4.69) is 15.5 Å². The van der Waals surface area contributed by atoms with Crippen molar-refractivity contribution in [1.29, 1.82) is 0 Å². The molecule has 12 nitrogen and oxygen atoms in total. The monoisotopic (exact) mass is 471 g/mol. The van der Waals surface area contributed by atoms with Crippen LogP contribution in [0.25, 0.3) is 0 Å². The number of aryl methyl sites for hydroxylation is 1. The third-order valence-electron chi connectivity index (χ3n) is 4.52. The minimum atomic E-state index is -0.855. The molecule has 33 heavy (non-hydrogen) atoms. The molecule has 1 amide bonds. The van der Waals surface area contributed by atoms with Crippen molar-refractivity contribution in [3.8, 4) is 11.5 Å². The van der Waals surface area contributed by atoms with Gasteiger partial charge in [0.05, 0.1) is 15.4 Å². The second-order valence-corrected chi connectivity index (χ2v) is 7.82. The Balaban J connectivity index is 1.33. The van der Waals surface area contributed by atoms with E-state index in [4.69, 9.17) is 14.2 Å². The maximum atomic E-state index is 12.3. The SMILES string of the molecule is Cn1cnnc1Sc1ccc(C(=O)OCC(=O)NCc2ccc3c(c2)OCO3)cc1[N+](=O)[O-]. The molecule has 13 heteroatoms. The molecule has 0 bridgehead atoms. The number of ether oxygens (including phenoxy) is 3. The van der Waals surface area contributed by atoms with Gasteiger partial charge in [-0.1, -0.05) is 6.07 Å². The van der Waals surface area contributed by atoms with Gasteiger partial charge in [0.2, 0.25) is 6.79 Å². The summed E-state index contributed by atoms with van der Waals surface area (Å²) in [6.07, 6.45) is 1.47. The molecule has 0 radical (unpaired) electrons. The molecule has 170 valence electrons. The molecule has 4 rings (SSSR count). The van der Waals surface area contributed by atoms with Crippen molar-refractivity contribution >= 4 is 29.3 Å². The zero-order valence-corrected chi connectivity index (χ0v) is 18.0. The summed E-state index contributed by atoms with van der Waals surface area (Å²) in [5.41, 5.74) is 0.447. The highest BCUT2D eigenvalue weighted by molar-refractivity contribution is 7.99. The van der Waals surface area contributed by atoms with Crippen LogP contribution in [0.2, 0.25) is 0 Å². The van der Waals surface area contributed by atoms with Crippen molar-refractivity contribution in [2.45, 2.75) is 16.6 Å². The zero-order valence-electron chi connectivity index (χ0n) is 17.2. The fourth-order valence-corrected chi connectivity index (χ4v) is 3.70. The van der Waals surface area contributed by atoms with E-state index in [0.717, 1.165) is 23.4 Å². The van der Waals surface area contributed by atoms with E-state index in [1.807, 2.05) is 0 Å². The molecule has 1 aromatic heterocycles. The predicted molar refractivity (Wildman–Crippen MR) is 113 cm³/mol. The number of amides is 1. The largest absolute Gasteiger partial charge is 0.454 e. The number of rotatable bonds is 8. The van der Waals surface area contributed by atoms with Gasteiger partial charge in [0.15, 0.2) is 23.3 Å². The van der Waals surface area contributed by atoms with Crippen LogP contribution in [0.4, 0.5) is 5.69 Å². The van der Waals surface area contributed by atoms with Crippen LogP contribution in [-0.2, 0) is 23.1 Å². The minimum absolute atomic E-state index is 0.0485. The smallest absolute Gasteiger partial charge is 0.338 e. The Labute approximate surface area is 191 Å². The van der Waals surface area contributed by atoms with Gasteiger partial charge >= 0.3 is 5.97 Å². The Morgan fingerprint density at radius 3 is 2.82 bits per heavy atom. The van der Waals surface area contributed by atoms with Crippen molar-refractivity contribution in [3.05, 3.63) is 64.0 Å². The number of carbonyl (C=O) groups is 2. The molecule has 2 aromatic carbocycles. The summed E-state index contributed by atoms with van der Waals surface area (Å²) in [7, 11) is 1.71. The second kappa shape index (κ2) is 9.56. The first-order chi connectivity index (χ1) is 15.9. The highest BCUT2D eigenvalue weighted by Gasteiger charge is 2.21. The minimum Gasteiger partial charge on any atom is -0.454 e. The molecule has 1 N–H and O–H groups in total. The van der Waals surface area contributed by atoms with Crippen LogP contribution in [0.3, 0.4) is 0 Å². The lowest BCUT2D eigenvalue weighted by atomic mass is 10.2. The quantitative estimate of drug-likeness (QED) is 0.294. The summed E-state index contributed by atoms with van der Waals surface area (Å²) in [5.74, 6) is -0.152. The predicted octanol–water partition coefficient (Wildman–Crippen LogP) is 2.08. The summed E-state index contributed by atoms with van der Waals surface area (Å²) < 4.78 is 17.1. The molecular weight excluding hydrogens is 454 g/mol. The molecule has 0 aliphatic carbocycles. The van der Waals surface area contributed by atoms with Crippen LogP contribution in [0.15, 0.2) is 52.8 Å². The highest BCUT2D eigenvalue weighted by Crippen LogP contribution is 2.34. The van der Waals surface area contributed by atoms with E-state index in [-0.39, 0.29) is 29.5 Å². The lowest BCUT2D eigenvalue weighted by Gasteiger charge is -2.08. The van der Waals surface area contributed by atoms with Crippen molar-refractivity contribution in [3.63, 3.8) is 0 Å². The Kier molecular flexibility index (Phi) is 6.40. The third-order valence-corrected chi connectivity index (χ3v) is 5.64. The number of benzene rings is 2. The summed E-state index contributed by atoms with van der Waals surface area (Å²) in [4.78, 5) is 35.5. The Morgan fingerprint density at radius 1 is 1.24 bits per heavy atom. The van der Waals surface area contributed by atoms with Gasteiger partial charge in [-0.15, -0.1) is 10.2 Å². The molecule has 3 aromatic rings. The van der Waals surface area contributed by atoms with Gasteiger partial charge in [-0.25, -0.2) is 4.79 Å². The van der Waals surface area contributed by atoms with Crippen molar-refractivity contribution in [2.24, 2.45) is 7.05 Å². The lowest BCUT2D eigenvalue weighted by Crippen LogP contribution is -2.28. The van der Waals surface area contributed by atoms with Crippen molar-refractivity contribution in [2.75, 3.05) is 13.4 Å². The number of nitrogens with one attached hydrogen (secondary N) is 1. The first-order valence-electron chi connectivity index (χ1n) is 9.53. The Bertz CT molecular complexity index is 1230. The number of nitro groups is 1. The van der Waals surface area contributed by atoms with Crippen molar-refractivity contribution in [1.82, 2.24) is 20.1 Å². The first-order valence-corrected chi connectivity index (χ1v) is 10.3. The second-order valence-electron chi connectivity index (χ2n) is 6.81. The number of carbonyl (C=O) groups excluding carboxylic acids is 2. The number of nitrogens with zero attached hydrogens (tertiary/aromatic N) is 4. The van der Waals surface area contributed by atoms with Gasteiger partial charge in [0.1, 0.15) is 6.33 Å². The summed E-state index contributed by atoms with van der Waals surface area (Å²) in [5, 5.41) is 22.2. The van der Waals surface area contributed by atoms with Gasteiger partial charge < -0.3 is 24.1 Å². The molecule has 0 fully saturated rings. The summed E-state index contributed by atoms with van der Waals surface area (Å²) in [6, 6.07) is 9.18. The van der Waals surface area contributed by atoms with E-state index in [9.17, 15) is 19.7 Å². The number of esters is 1. The van der Waals surface area contributed by atoms with E-state index < -0.39 is 23.4 Å². The molecule has 0 spiro atoms. The molecule has 0 atom stereocenters. The lowest BCUT2D eigenvalue weighted by molar-refractivity contribution is -0.387. The van der Waals surface area contributed by atoms with Crippen molar-refractivity contribution < 1.29 is 28.7 Å². The summed E-state index contributed by atoms with van der Waals surface area (Å²) >= 11 is 1.04. The summed E-state index contributed by atoms with van der Waals surface area (Å²) in [6.45, 7) is -0.182. The number of fused-ring (bicyclic) bond motifs is 1. The normalized spacial score (nSPS) is 11.8. The zero-order chi connectivity index (χ0) is 23.4. The fourth-order valence-electron chi connectivity index (χ4n) is 2.85. The molecule has 0 saturated heterocycles. The third kappa shape index (κ3) is 5.20. The first kappa shape index (κ1) is 22.1. The molecular formula is C20H17N5O7S. The molecule has 0 saturated carbocycles. The van der Waals surface area contributed by atoms with Crippen LogP contribution >= 0.6 is 11.8 Å². The molecule has 1 aliphatic heterocycles. The standard InChI is InChI=1S/C20H17N5O7S/c1-24-10-22-23-20(24)33-17-5-3-13(7-14(17)25(28)29)19(27)30-9-18(26)21-8-12-2-4-15-16(6-12)32-11-31-15/h2-7,10H,8-9,11H2,1H3,(H,21,26). The number of hydrogen-bond acceptors (Lipinski definition) is 10. The Morgan fingerprint density at radius 2 is 2.06 bits per heavy atom. The average Bonchev–Trinajstić information content (AvgIpc) is 3.44. The van der Waals surface area contributed by atoms with Crippen LogP contribution < -0.4 is 14.8 Å². The van der Waals surface area contributed by atoms with E-state index in [0.29, 0.717) is 16.7 Å². The van der Waals surface area contributed by atoms with Crippen LogP contribution in [0, 0.1) is 10.1 Å². The number of aromatic nitrogens is 3. The van der Waals surface area contributed by atoms with E-state index in [1.54, 1.807) is 29.8 Å². The molecule has 2 heterocycles. The van der Waals surface area contributed by atoms with Crippen LogP contribution in [-0.4, -0.2) is 45.0 Å². The van der Waals surface area contributed by atoms with Gasteiger partial charge in [-0.3, -0.25) is 14.9 Å². The van der Waals surface area contributed by atoms with Crippen LogP contribution in [0.5, 0.6) is 11.5 Å². The van der Waals surface area contributed by atoms with Gasteiger partial charge in [-0.05, 0) is 41.6 Å².